The maximum absolute atomic E-state index is 12.6. The number of carbonyl (C=O) groups excluding carboxylic acids is 1. The Labute approximate surface area is 179 Å². The molecule has 0 unspecified atom stereocenters. The number of nitrogens with one attached hydrogen (secondary N) is 2. The van der Waals surface area contributed by atoms with Gasteiger partial charge in [-0.25, -0.2) is 4.98 Å². The number of hydrogen-bond donors (Lipinski definition) is 3. The molecule has 0 atom stereocenters. The van der Waals surface area contributed by atoms with Crippen molar-refractivity contribution in [1.82, 2.24) is 15.6 Å². The summed E-state index contributed by atoms with van der Waals surface area (Å²) in [4.78, 5) is 18.4. The number of rotatable bonds is 5. The van der Waals surface area contributed by atoms with E-state index in [1.807, 2.05) is 25.1 Å². The molecule has 152 valence electrons. The fourth-order valence-corrected chi connectivity index (χ4v) is 5.26. The van der Waals surface area contributed by atoms with E-state index in [2.05, 4.69) is 27.8 Å². The van der Waals surface area contributed by atoms with Crippen LogP contribution in [0.2, 0.25) is 5.02 Å². The Morgan fingerprint density at radius 1 is 1.31 bits per heavy atom. The standard InChI is InChI=1S/C22H25ClN4OS/c1-13-2-4-17-19(24)20(29-22(17)27-13)21(28)26-11-6-14-3-5-16(18(23)12-14)15-7-9-25-10-8-15/h2-5,12,15,25H,6-11,24H2,1H3,(H,26,28). The summed E-state index contributed by atoms with van der Waals surface area (Å²) in [6, 6.07) is 10.1. The molecule has 0 radical (unpaired) electrons. The van der Waals surface area contributed by atoms with Crippen molar-refractivity contribution in [2.75, 3.05) is 25.4 Å². The first-order valence-corrected chi connectivity index (χ1v) is 11.1. The lowest BCUT2D eigenvalue weighted by Crippen LogP contribution is -2.27. The van der Waals surface area contributed by atoms with Crippen molar-refractivity contribution in [3.8, 4) is 0 Å². The summed E-state index contributed by atoms with van der Waals surface area (Å²) in [5, 5.41) is 8.03. The van der Waals surface area contributed by atoms with Crippen LogP contribution in [0.3, 0.4) is 0 Å². The van der Waals surface area contributed by atoms with Crippen molar-refractivity contribution in [2.24, 2.45) is 0 Å². The minimum atomic E-state index is -0.152. The summed E-state index contributed by atoms with van der Waals surface area (Å²) in [6.45, 7) is 4.55. The molecule has 1 aliphatic rings. The molecule has 0 saturated carbocycles. The van der Waals surface area contributed by atoms with E-state index in [1.54, 1.807) is 0 Å². The summed E-state index contributed by atoms with van der Waals surface area (Å²) in [7, 11) is 0. The van der Waals surface area contributed by atoms with Crippen LogP contribution < -0.4 is 16.4 Å². The molecule has 1 saturated heterocycles. The summed E-state index contributed by atoms with van der Waals surface area (Å²) in [5.74, 6) is 0.381. The first kappa shape index (κ1) is 20.1. The molecule has 3 heterocycles. The zero-order valence-corrected chi connectivity index (χ0v) is 18.0. The number of thiophene rings is 1. The highest BCUT2D eigenvalue weighted by Gasteiger charge is 2.19. The van der Waals surface area contributed by atoms with E-state index in [0.29, 0.717) is 23.0 Å². The van der Waals surface area contributed by atoms with Gasteiger partial charge in [0.05, 0.1) is 5.69 Å². The van der Waals surface area contributed by atoms with E-state index in [-0.39, 0.29) is 5.91 Å². The lowest BCUT2D eigenvalue weighted by molar-refractivity contribution is 0.0959. The second kappa shape index (κ2) is 8.69. The Balaban J connectivity index is 1.38. The van der Waals surface area contributed by atoms with E-state index in [4.69, 9.17) is 17.3 Å². The average Bonchev–Trinajstić information content (AvgIpc) is 3.04. The van der Waals surface area contributed by atoms with E-state index < -0.39 is 0 Å². The van der Waals surface area contributed by atoms with Crippen LogP contribution >= 0.6 is 22.9 Å². The maximum atomic E-state index is 12.6. The van der Waals surface area contributed by atoms with Gasteiger partial charge in [0.15, 0.2) is 0 Å². The number of carbonyl (C=O) groups is 1. The molecule has 1 aromatic carbocycles. The number of aromatic nitrogens is 1. The first-order chi connectivity index (χ1) is 14.0. The maximum Gasteiger partial charge on any atom is 0.263 e. The zero-order chi connectivity index (χ0) is 20.4. The van der Waals surface area contributed by atoms with Crippen molar-refractivity contribution in [1.29, 1.82) is 0 Å². The van der Waals surface area contributed by atoms with Crippen LogP contribution in [0, 0.1) is 6.92 Å². The van der Waals surface area contributed by atoms with Gasteiger partial charge < -0.3 is 16.4 Å². The molecule has 5 nitrogen and oxygen atoms in total. The van der Waals surface area contributed by atoms with E-state index >= 15 is 0 Å². The van der Waals surface area contributed by atoms with Gasteiger partial charge in [0.1, 0.15) is 9.71 Å². The molecule has 0 spiro atoms. The van der Waals surface area contributed by atoms with Gasteiger partial charge in [-0.05, 0) is 74.5 Å². The van der Waals surface area contributed by atoms with Crippen molar-refractivity contribution >= 4 is 44.7 Å². The predicted octanol–water partition coefficient (Wildman–Crippen LogP) is 4.28. The summed E-state index contributed by atoms with van der Waals surface area (Å²) >= 11 is 7.89. The minimum absolute atomic E-state index is 0.152. The van der Waals surface area contributed by atoms with Crippen LogP contribution in [0.25, 0.3) is 10.2 Å². The fourth-order valence-electron chi connectivity index (χ4n) is 3.85. The number of piperidine rings is 1. The second-order valence-electron chi connectivity index (χ2n) is 7.54. The molecule has 29 heavy (non-hydrogen) atoms. The number of pyridine rings is 1. The first-order valence-electron chi connectivity index (χ1n) is 9.96. The normalized spacial score (nSPS) is 15.0. The quantitative estimate of drug-likeness (QED) is 0.566. The minimum Gasteiger partial charge on any atom is -0.397 e. The van der Waals surface area contributed by atoms with Crippen LogP contribution in [0.1, 0.15) is 45.3 Å². The number of anilines is 1. The predicted molar refractivity (Wildman–Crippen MR) is 121 cm³/mol. The van der Waals surface area contributed by atoms with Gasteiger partial charge in [0, 0.05) is 22.6 Å². The highest BCUT2D eigenvalue weighted by atomic mass is 35.5. The van der Waals surface area contributed by atoms with Gasteiger partial charge in [0.2, 0.25) is 0 Å². The monoisotopic (exact) mass is 428 g/mol. The van der Waals surface area contributed by atoms with Gasteiger partial charge in [0.25, 0.3) is 5.91 Å². The van der Waals surface area contributed by atoms with Gasteiger partial charge in [-0.2, -0.15) is 0 Å². The number of amides is 1. The van der Waals surface area contributed by atoms with Gasteiger partial charge in [-0.3, -0.25) is 4.79 Å². The Hall–Kier alpha value is -2.15. The number of halogens is 1. The molecule has 1 fully saturated rings. The van der Waals surface area contributed by atoms with Gasteiger partial charge in [-0.1, -0.05) is 23.7 Å². The summed E-state index contributed by atoms with van der Waals surface area (Å²) in [6.07, 6.45) is 2.97. The second-order valence-corrected chi connectivity index (χ2v) is 8.94. The summed E-state index contributed by atoms with van der Waals surface area (Å²) < 4.78 is 0. The molecule has 3 aromatic rings. The van der Waals surface area contributed by atoms with Gasteiger partial charge in [-0.15, -0.1) is 11.3 Å². The molecule has 4 rings (SSSR count). The number of nitrogens with two attached hydrogens (primary N) is 1. The highest BCUT2D eigenvalue weighted by Crippen LogP contribution is 2.33. The topological polar surface area (TPSA) is 80.0 Å². The van der Waals surface area contributed by atoms with Gasteiger partial charge >= 0.3 is 0 Å². The Morgan fingerprint density at radius 3 is 2.86 bits per heavy atom. The molecule has 0 aliphatic carbocycles. The van der Waals surface area contributed by atoms with Crippen LogP contribution in [0.15, 0.2) is 30.3 Å². The molecule has 1 aliphatic heterocycles. The third-order valence-electron chi connectivity index (χ3n) is 5.48. The molecule has 2 aromatic heterocycles. The Kier molecular flexibility index (Phi) is 6.04. The number of hydrogen-bond acceptors (Lipinski definition) is 5. The molecule has 4 N–H and O–H groups in total. The Bertz CT molecular complexity index is 1040. The zero-order valence-electron chi connectivity index (χ0n) is 16.4. The van der Waals surface area contributed by atoms with Crippen molar-refractivity contribution in [3.63, 3.8) is 0 Å². The largest absolute Gasteiger partial charge is 0.397 e. The molecule has 0 bridgehead atoms. The number of nitrogen functional groups attached to an aromatic ring is 1. The number of nitrogens with zero attached hydrogens (tertiary/aromatic N) is 1. The lowest BCUT2D eigenvalue weighted by Gasteiger charge is -2.24. The molecule has 7 heteroatoms. The number of benzene rings is 1. The van der Waals surface area contributed by atoms with Crippen LogP contribution in [-0.2, 0) is 6.42 Å². The molecule has 1 amide bonds. The Morgan fingerprint density at radius 2 is 2.10 bits per heavy atom. The third kappa shape index (κ3) is 4.39. The molecular formula is C22H25ClN4OS. The molecular weight excluding hydrogens is 404 g/mol. The lowest BCUT2D eigenvalue weighted by atomic mass is 9.89. The van der Waals surface area contributed by atoms with Crippen molar-refractivity contribution in [2.45, 2.75) is 32.1 Å². The fraction of sp³-hybridized carbons (Fsp3) is 0.364. The third-order valence-corrected chi connectivity index (χ3v) is 6.92. The van der Waals surface area contributed by atoms with E-state index in [0.717, 1.165) is 58.8 Å². The SMILES string of the molecule is Cc1ccc2c(N)c(C(=O)NCCc3ccc(C4CCNCC4)c(Cl)c3)sc2n1. The summed E-state index contributed by atoms with van der Waals surface area (Å²) in [5.41, 5.74) is 9.94. The van der Waals surface area contributed by atoms with Crippen LogP contribution in [0.4, 0.5) is 5.69 Å². The average molecular weight is 429 g/mol. The van der Waals surface area contributed by atoms with Crippen molar-refractivity contribution < 1.29 is 4.79 Å². The number of aryl methyl sites for hydroxylation is 1. The van der Waals surface area contributed by atoms with E-state index in [9.17, 15) is 4.79 Å². The van der Waals surface area contributed by atoms with E-state index in [1.165, 1.54) is 16.9 Å². The van der Waals surface area contributed by atoms with Crippen molar-refractivity contribution in [3.05, 3.63) is 57.1 Å². The number of fused-ring (bicyclic) bond motifs is 1. The van der Waals surface area contributed by atoms with Crippen LogP contribution in [0.5, 0.6) is 0 Å². The van der Waals surface area contributed by atoms with Crippen LogP contribution in [-0.4, -0.2) is 30.5 Å². The highest BCUT2D eigenvalue weighted by molar-refractivity contribution is 7.21. The smallest absolute Gasteiger partial charge is 0.263 e.